The molecule has 0 aliphatic carbocycles. The van der Waals surface area contributed by atoms with Crippen molar-refractivity contribution < 1.29 is 0 Å². The first kappa shape index (κ1) is 15.2. The number of aromatic nitrogens is 3. The lowest BCUT2D eigenvalue weighted by atomic mass is 10.1. The van der Waals surface area contributed by atoms with Crippen molar-refractivity contribution in [2.45, 2.75) is 33.2 Å². The molecule has 0 spiro atoms. The van der Waals surface area contributed by atoms with Crippen molar-refractivity contribution in [1.82, 2.24) is 15.0 Å². The summed E-state index contributed by atoms with van der Waals surface area (Å²) < 4.78 is 0. The summed E-state index contributed by atoms with van der Waals surface area (Å²) >= 11 is 0. The lowest BCUT2D eigenvalue weighted by Gasteiger charge is -2.25. The Morgan fingerprint density at radius 3 is 2.57 bits per heavy atom. The van der Waals surface area contributed by atoms with Crippen molar-refractivity contribution in [2.75, 3.05) is 16.9 Å². The van der Waals surface area contributed by atoms with Crippen molar-refractivity contribution in [3.8, 4) is 0 Å². The summed E-state index contributed by atoms with van der Waals surface area (Å²) in [6.45, 7) is 5.90. The van der Waals surface area contributed by atoms with Gasteiger partial charge in [0.1, 0.15) is 18.0 Å². The van der Waals surface area contributed by atoms with E-state index >= 15 is 0 Å². The van der Waals surface area contributed by atoms with Crippen molar-refractivity contribution in [3.05, 3.63) is 42.0 Å². The summed E-state index contributed by atoms with van der Waals surface area (Å²) in [7, 11) is 0. The van der Waals surface area contributed by atoms with Gasteiger partial charge in [-0.05, 0) is 31.0 Å². The molecule has 3 N–H and O–H groups in total. The Bertz CT molecular complexity index is 557. The second-order valence-corrected chi connectivity index (χ2v) is 4.79. The number of hydrazine groups is 1. The Morgan fingerprint density at radius 1 is 1.19 bits per heavy atom. The maximum absolute atomic E-state index is 5.58. The zero-order valence-corrected chi connectivity index (χ0v) is 12.6. The van der Waals surface area contributed by atoms with Crippen LogP contribution in [0.3, 0.4) is 0 Å². The quantitative estimate of drug-likeness (QED) is 0.599. The van der Waals surface area contributed by atoms with Gasteiger partial charge in [0, 0.05) is 31.0 Å². The van der Waals surface area contributed by atoms with Crippen LogP contribution in [0.1, 0.15) is 31.4 Å². The minimum absolute atomic E-state index is 0.704. The van der Waals surface area contributed by atoms with Crippen molar-refractivity contribution in [1.29, 1.82) is 0 Å². The normalized spacial score (nSPS) is 10.4. The number of hydrogen-bond donors (Lipinski definition) is 2. The van der Waals surface area contributed by atoms with Gasteiger partial charge in [0.25, 0.3) is 0 Å². The van der Waals surface area contributed by atoms with Gasteiger partial charge >= 0.3 is 0 Å². The average Bonchev–Trinajstić information content (AvgIpc) is 2.54. The van der Waals surface area contributed by atoms with E-state index in [4.69, 9.17) is 5.84 Å². The van der Waals surface area contributed by atoms with E-state index in [1.165, 1.54) is 5.56 Å². The van der Waals surface area contributed by atoms with Gasteiger partial charge in [-0.2, -0.15) is 0 Å². The molecular weight excluding hydrogens is 264 g/mol. The van der Waals surface area contributed by atoms with E-state index in [9.17, 15) is 0 Å². The number of nitrogen functional groups attached to an aromatic ring is 1. The van der Waals surface area contributed by atoms with Crippen LogP contribution in [0.4, 0.5) is 11.6 Å². The van der Waals surface area contributed by atoms with Gasteiger partial charge in [0.05, 0.1) is 0 Å². The number of pyridine rings is 1. The first-order valence-electron chi connectivity index (χ1n) is 7.24. The van der Waals surface area contributed by atoms with Gasteiger partial charge < -0.3 is 10.3 Å². The summed E-state index contributed by atoms with van der Waals surface area (Å²) in [5.74, 6) is 7.22. The molecular formula is C15H22N6. The smallest absolute Gasteiger partial charge is 0.148 e. The summed E-state index contributed by atoms with van der Waals surface area (Å²) in [5.41, 5.74) is 4.95. The van der Waals surface area contributed by atoms with Crippen LogP contribution < -0.4 is 16.2 Å². The van der Waals surface area contributed by atoms with E-state index in [0.29, 0.717) is 5.82 Å². The van der Waals surface area contributed by atoms with Crippen LogP contribution in [0.25, 0.3) is 0 Å². The molecule has 0 unspecified atom stereocenters. The molecule has 2 aromatic rings. The van der Waals surface area contributed by atoms with Gasteiger partial charge in [-0.1, -0.05) is 13.3 Å². The molecule has 6 heteroatoms. The summed E-state index contributed by atoms with van der Waals surface area (Å²) in [6.07, 6.45) is 7.08. The maximum atomic E-state index is 5.58. The highest BCUT2D eigenvalue weighted by atomic mass is 15.3. The van der Waals surface area contributed by atoms with Gasteiger partial charge in [-0.3, -0.25) is 4.98 Å². The van der Waals surface area contributed by atoms with Crippen molar-refractivity contribution in [3.63, 3.8) is 0 Å². The number of hydrogen-bond acceptors (Lipinski definition) is 6. The molecule has 0 amide bonds. The van der Waals surface area contributed by atoms with Gasteiger partial charge in [-0.25, -0.2) is 15.8 Å². The summed E-state index contributed by atoms with van der Waals surface area (Å²) in [6, 6.07) is 4.04. The highest BCUT2D eigenvalue weighted by molar-refractivity contribution is 5.58. The minimum Gasteiger partial charge on any atom is -0.352 e. The average molecular weight is 286 g/mol. The van der Waals surface area contributed by atoms with Crippen LogP contribution >= 0.6 is 0 Å². The predicted octanol–water partition coefficient (Wildman–Crippen LogP) is 2.14. The fourth-order valence-electron chi connectivity index (χ4n) is 2.33. The Balaban J connectivity index is 2.33. The van der Waals surface area contributed by atoms with E-state index in [0.717, 1.165) is 37.3 Å². The van der Waals surface area contributed by atoms with Crippen LogP contribution in [-0.2, 0) is 13.0 Å². The largest absolute Gasteiger partial charge is 0.352 e. The fourth-order valence-corrected chi connectivity index (χ4v) is 2.33. The molecule has 0 aliphatic heterocycles. The molecule has 0 atom stereocenters. The molecule has 0 bridgehead atoms. The highest BCUT2D eigenvalue weighted by Crippen LogP contribution is 2.25. The van der Waals surface area contributed by atoms with E-state index in [-0.39, 0.29) is 0 Å². The Labute approximate surface area is 125 Å². The molecule has 0 radical (unpaired) electrons. The van der Waals surface area contributed by atoms with Crippen molar-refractivity contribution >= 4 is 11.6 Å². The van der Waals surface area contributed by atoms with Gasteiger partial charge in [-0.15, -0.1) is 0 Å². The van der Waals surface area contributed by atoms with Crippen LogP contribution in [0.15, 0.2) is 30.9 Å². The fraction of sp³-hybridized carbons (Fsp3) is 0.400. The molecule has 2 heterocycles. The number of nitrogens with zero attached hydrogens (tertiary/aromatic N) is 4. The zero-order valence-electron chi connectivity index (χ0n) is 12.6. The van der Waals surface area contributed by atoms with Crippen LogP contribution in [-0.4, -0.2) is 21.5 Å². The van der Waals surface area contributed by atoms with E-state index in [1.54, 1.807) is 6.33 Å². The Morgan fingerprint density at radius 2 is 1.95 bits per heavy atom. The van der Waals surface area contributed by atoms with Crippen LogP contribution in [0.2, 0.25) is 0 Å². The molecule has 2 aromatic heterocycles. The highest BCUT2D eigenvalue weighted by Gasteiger charge is 2.15. The zero-order chi connectivity index (χ0) is 15.1. The Kier molecular flexibility index (Phi) is 5.45. The monoisotopic (exact) mass is 286 g/mol. The van der Waals surface area contributed by atoms with E-state index < -0.39 is 0 Å². The lowest BCUT2D eigenvalue weighted by molar-refractivity contribution is 0.787. The number of rotatable bonds is 7. The number of nitrogens with two attached hydrogens (primary N) is 1. The first-order valence-corrected chi connectivity index (χ1v) is 7.24. The topological polar surface area (TPSA) is 80.0 Å². The van der Waals surface area contributed by atoms with E-state index in [2.05, 4.69) is 39.1 Å². The molecule has 0 aliphatic rings. The molecule has 0 saturated heterocycles. The molecule has 0 aromatic carbocycles. The van der Waals surface area contributed by atoms with Crippen LogP contribution in [0.5, 0.6) is 0 Å². The second-order valence-electron chi connectivity index (χ2n) is 4.79. The molecule has 2 rings (SSSR count). The maximum Gasteiger partial charge on any atom is 0.148 e. The number of anilines is 2. The third-order valence-corrected chi connectivity index (χ3v) is 3.36. The van der Waals surface area contributed by atoms with Crippen LogP contribution in [0, 0.1) is 0 Å². The predicted molar refractivity (Wildman–Crippen MR) is 84.8 cm³/mol. The summed E-state index contributed by atoms with van der Waals surface area (Å²) in [4.78, 5) is 15.0. The number of nitrogens with one attached hydrogen (secondary N) is 1. The minimum atomic E-state index is 0.704. The third kappa shape index (κ3) is 3.66. The first-order chi connectivity index (χ1) is 10.3. The molecule has 21 heavy (non-hydrogen) atoms. The molecule has 0 fully saturated rings. The SMILES string of the molecule is CCCc1c(NN)ncnc1N(CC)Cc1ccncc1. The lowest BCUT2D eigenvalue weighted by Crippen LogP contribution is -2.25. The van der Waals surface area contributed by atoms with Gasteiger partial charge in [0.15, 0.2) is 0 Å². The summed E-state index contributed by atoms with van der Waals surface area (Å²) in [5, 5.41) is 0. The van der Waals surface area contributed by atoms with Crippen molar-refractivity contribution in [2.24, 2.45) is 5.84 Å². The van der Waals surface area contributed by atoms with E-state index in [1.807, 2.05) is 24.5 Å². The van der Waals surface area contributed by atoms with Gasteiger partial charge in [0.2, 0.25) is 0 Å². The standard InChI is InChI=1S/C15H22N6/c1-3-5-13-14(20-16)18-11-19-15(13)21(4-2)10-12-6-8-17-9-7-12/h6-9,11H,3-5,10,16H2,1-2H3,(H,18,19,20). The molecule has 0 saturated carbocycles. The molecule has 112 valence electrons. The second kappa shape index (κ2) is 7.54. The Hall–Kier alpha value is -2.21. The molecule has 6 nitrogen and oxygen atoms in total. The third-order valence-electron chi connectivity index (χ3n) is 3.36.